The molecule has 0 fully saturated rings. The second-order valence-electron chi connectivity index (χ2n) is 3.07. The number of amides is 1. The average molecular weight is 260 g/mol. The first kappa shape index (κ1) is 11.3. The van der Waals surface area contributed by atoms with Gasteiger partial charge in [-0.3, -0.25) is 4.79 Å². The first-order valence-electron chi connectivity index (χ1n) is 4.77. The third kappa shape index (κ3) is 3.54. The van der Waals surface area contributed by atoms with Crippen LogP contribution < -0.4 is 5.32 Å². The molecule has 0 saturated carbocycles. The molecular formula is C10H14BrNO2. The van der Waals surface area contributed by atoms with Crippen LogP contribution in [-0.2, 0) is 0 Å². The van der Waals surface area contributed by atoms with Crippen molar-refractivity contribution in [1.82, 2.24) is 5.32 Å². The minimum absolute atomic E-state index is 0.146. The van der Waals surface area contributed by atoms with Crippen molar-refractivity contribution in [2.24, 2.45) is 0 Å². The number of carbonyl (C=O) groups is 1. The van der Waals surface area contributed by atoms with Crippen LogP contribution in [0.1, 0.15) is 36.7 Å². The summed E-state index contributed by atoms with van der Waals surface area (Å²) >= 11 is 3.15. The van der Waals surface area contributed by atoms with Crippen molar-refractivity contribution in [2.45, 2.75) is 26.2 Å². The lowest BCUT2D eigenvalue weighted by molar-refractivity contribution is 0.0924. The molecular weight excluding hydrogens is 246 g/mol. The molecule has 0 bridgehead atoms. The molecule has 0 spiro atoms. The van der Waals surface area contributed by atoms with Gasteiger partial charge in [0.05, 0.1) is 0 Å². The molecule has 1 aromatic rings. The molecule has 78 valence electrons. The molecule has 3 nitrogen and oxygen atoms in total. The second kappa shape index (κ2) is 5.86. The first-order valence-corrected chi connectivity index (χ1v) is 5.57. The van der Waals surface area contributed by atoms with Gasteiger partial charge in [0, 0.05) is 6.54 Å². The van der Waals surface area contributed by atoms with Crippen molar-refractivity contribution in [3.63, 3.8) is 0 Å². The SMILES string of the molecule is CCCCCNC(=O)c1ccc(Br)o1. The van der Waals surface area contributed by atoms with E-state index in [1.54, 1.807) is 12.1 Å². The van der Waals surface area contributed by atoms with Gasteiger partial charge in [-0.15, -0.1) is 0 Å². The van der Waals surface area contributed by atoms with Crippen LogP contribution >= 0.6 is 15.9 Å². The van der Waals surface area contributed by atoms with Gasteiger partial charge in [0.2, 0.25) is 0 Å². The molecule has 1 heterocycles. The average Bonchev–Trinajstić information content (AvgIpc) is 2.59. The Bertz CT molecular complexity index is 296. The minimum atomic E-state index is -0.146. The van der Waals surface area contributed by atoms with Gasteiger partial charge in [0.25, 0.3) is 5.91 Å². The van der Waals surface area contributed by atoms with E-state index in [0.29, 0.717) is 17.0 Å². The van der Waals surface area contributed by atoms with Crippen LogP contribution in [0, 0.1) is 0 Å². The van der Waals surface area contributed by atoms with Crippen molar-refractivity contribution in [1.29, 1.82) is 0 Å². The van der Waals surface area contributed by atoms with Crippen molar-refractivity contribution in [2.75, 3.05) is 6.54 Å². The number of nitrogens with one attached hydrogen (secondary N) is 1. The molecule has 1 amide bonds. The van der Waals surface area contributed by atoms with Crippen molar-refractivity contribution >= 4 is 21.8 Å². The maximum atomic E-state index is 11.4. The Kier molecular flexibility index (Phi) is 4.73. The highest BCUT2D eigenvalue weighted by molar-refractivity contribution is 9.10. The molecule has 0 unspecified atom stereocenters. The van der Waals surface area contributed by atoms with Crippen LogP contribution in [0.25, 0.3) is 0 Å². The summed E-state index contributed by atoms with van der Waals surface area (Å²) < 4.78 is 5.69. The number of halogens is 1. The van der Waals surface area contributed by atoms with Crippen LogP contribution in [0.3, 0.4) is 0 Å². The topological polar surface area (TPSA) is 42.2 Å². The lowest BCUT2D eigenvalue weighted by atomic mass is 10.2. The van der Waals surface area contributed by atoms with Gasteiger partial charge in [-0.2, -0.15) is 0 Å². The van der Waals surface area contributed by atoms with Gasteiger partial charge in [0.15, 0.2) is 10.4 Å². The monoisotopic (exact) mass is 259 g/mol. The third-order valence-electron chi connectivity index (χ3n) is 1.86. The predicted octanol–water partition coefficient (Wildman–Crippen LogP) is 2.96. The predicted molar refractivity (Wildman–Crippen MR) is 58.3 cm³/mol. The Balaban J connectivity index is 2.29. The number of rotatable bonds is 5. The smallest absolute Gasteiger partial charge is 0.287 e. The van der Waals surface area contributed by atoms with E-state index < -0.39 is 0 Å². The lowest BCUT2D eigenvalue weighted by Crippen LogP contribution is -2.23. The molecule has 1 aromatic heterocycles. The number of hydrogen-bond acceptors (Lipinski definition) is 2. The highest BCUT2D eigenvalue weighted by Gasteiger charge is 2.08. The summed E-state index contributed by atoms with van der Waals surface area (Å²) in [5.74, 6) is 0.208. The maximum Gasteiger partial charge on any atom is 0.287 e. The van der Waals surface area contributed by atoms with Gasteiger partial charge in [0.1, 0.15) is 0 Å². The zero-order valence-electron chi connectivity index (χ0n) is 8.18. The summed E-state index contributed by atoms with van der Waals surface area (Å²) in [6, 6.07) is 3.36. The van der Waals surface area contributed by atoms with E-state index in [9.17, 15) is 4.79 Å². The van der Waals surface area contributed by atoms with Crippen molar-refractivity contribution in [3.8, 4) is 0 Å². The molecule has 0 atom stereocenters. The Hall–Kier alpha value is -0.770. The van der Waals surface area contributed by atoms with Gasteiger partial charge < -0.3 is 9.73 Å². The van der Waals surface area contributed by atoms with E-state index in [4.69, 9.17) is 4.42 Å². The van der Waals surface area contributed by atoms with E-state index in [1.165, 1.54) is 0 Å². The Morgan fingerprint density at radius 2 is 2.29 bits per heavy atom. The largest absolute Gasteiger partial charge is 0.444 e. The summed E-state index contributed by atoms with van der Waals surface area (Å²) in [4.78, 5) is 11.4. The number of carbonyl (C=O) groups excluding carboxylic acids is 1. The molecule has 0 aliphatic carbocycles. The maximum absolute atomic E-state index is 11.4. The van der Waals surface area contributed by atoms with Crippen LogP contribution in [0.2, 0.25) is 0 Å². The summed E-state index contributed by atoms with van der Waals surface area (Å²) in [5, 5.41) is 2.79. The molecule has 0 aliphatic heterocycles. The Morgan fingerprint density at radius 3 is 2.86 bits per heavy atom. The normalized spacial score (nSPS) is 10.1. The van der Waals surface area contributed by atoms with E-state index >= 15 is 0 Å². The van der Waals surface area contributed by atoms with E-state index in [2.05, 4.69) is 28.2 Å². The first-order chi connectivity index (χ1) is 6.74. The number of hydrogen-bond donors (Lipinski definition) is 1. The van der Waals surface area contributed by atoms with E-state index in [0.717, 1.165) is 19.3 Å². The minimum Gasteiger partial charge on any atom is -0.444 e. The highest BCUT2D eigenvalue weighted by atomic mass is 79.9. The van der Waals surface area contributed by atoms with Gasteiger partial charge in [-0.25, -0.2) is 0 Å². The molecule has 1 rings (SSSR count). The molecule has 4 heteroatoms. The zero-order chi connectivity index (χ0) is 10.4. The van der Waals surface area contributed by atoms with Crippen LogP contribution in [0.15, 0.2) is 21.2 Å². The summed E-state index contributed by atoms with van der Waals surface area (Å²) in [5.41, 5.74) is 0. The molecule has 1 N–H and O–H groups in total. The lowest BCUT2D eigenvalue weighted by Gasteiger charge is -2.01. The van der Waals surface area contributed by atoms with Crippen molar-refractivity contribution in [3.05, 3.63) is 22.6 Å². The highest BCUT2D eigenvalue weighted by Crippen LogP contribution is 2.13. The summed E-state index contributed by atoms with van der Waals surface area (Å²) in [6.45, 7) is 2.84. The van der Waals surface area contributed by atoms with Gasteiger partial charge >= 0.3 is 0 Å². The number of furan rings is 1. The zero-order valence-corrected chi connectivity index (χ0v) is 9.76. The van der Waals surface area contributed by atoms with Gasteiger partial charge in [-0.1, -0.05) is 19.8 Å². The quantitative estimate of drug-likeness (QED) is 0.827. The van der Waals surface area contributed by atoms with Crippen LogP contribution in [0.4, 0.5) is 0 Å². The molecule has 14 heavy (non-hydrogen) atoms. The molecule has 0 radical (unpaired) electrons. The fraction of sp³-hybridized carbons (Fsp3) is 0.500. The van der Waals surface area contributed by atoms with Gasteiger partial charge in [-0.05, 0) is 34.5 Å². The Morgan fingerprint density at radius 1 is 1.50 bits per heavy atom. The summed E-state index contributed by atoms with van der Waals surface area (Å²) in [6.07, 6.45) is 3.31. The van der Waals surface area contributed by atoms with E-state index in [-0.39, 0.29) is 5.91 Å². The van der Waals surface area contributed by atoms with Crippen LogP contribution in [0.5, 0.6) is 0 Å². The van der Waals surface area contributed by atoms with E-state index in [1.807, 2.05) is 0 Å². The molecule has 0 aliphatic rings. The Labute approximate surface area is 92.0 Å². The fourth-order valence-corrected chi connectivity index (χ4v) is 1.41. The second-order valence-corrected chi connectivity index (χ2v) is 3.85. The molecule has 0 aromatic carbocycles. The summed E-state index contributed by atoms with van der Waals surface area (Å²) in [7, 11) is 0. The third-order valence-corrected chi connectivity index (χ3v) is 2.29. The van der Waals surface area contributed by atoms with Crippen molar-refractivity contribution < 1.29 is 9.21 Å². The van der Waals surface area contributed by atoms with Crippen LogP contribution in [-0.4, -0.2) is 12.5 Å². The molecule has 0 saturated heterocycles. The fourth-order valence-electron chi connectivity index (χ4n) is 1.10. The standard InChI is InChI=1S/C10H14BrNO2/c1-2-3-4-7-12-10(13)8-5-6-9(11)14-8/h5-6H,2-4,7H2,1H3,(H,12,13). The number of unbranched alkanes of at least 4 members (excludes halogenated alkanes) is 2.